The molecule has 0 amide bonds. The van der Waals surface area contributed by atoms with Gasteiger partial charge in [0.05, 0.1) is 29.6 Å². The first-order chi connectivity index (χ1) is 10.2. The molecule has 0 radical (unpaired) electrons. The molecule has 1 saturated heterocycles. The smallest absolute Gasteiger partial charge is 0.228 e. The molecule has 1 fully saturated rings. The minimum Gasteiger partial charge on any atom is -0.378 e. The van der Waals surface area contributed by atoms with Crippen molar-refractivity contribution >= 4 is 56.0 Å². The molecule has 3 heterocycles. The number of nitrogens with zero attached hydrogens (tertiary/aromatic N) is 4. The zero-order valence-electron chi connectivity index (χ0n) is 11.1. The van der Waals surface area contributed by atoms with Crippen molar-refractivity contribution in [3.63, 3.8) is 0 Å². The van der Waals surface area contributed by atoms with Gasteiger partial charge in [0.2, 0.25) is 5.95 Å². The molecular formula is C13H13BrIN5O. The highest BCUT2D eigenvalue weighted by atomic mass is 127. The normalized spacial score (nSPS) is 15.0. The highest BCUT2D eigenvalue weighted by molar-refractivity contribution is 14.1. The zero-order valence-corrected chi connectivity index (χ0v) is 14.8. The summed E-state index contributed by atoms with van der Waals surface area (Å²) in [6, 6.07) is 3.83. The molecule has 0 bridgehead atoms. The van der Waals surface area contributed by atoms with Gasteiger partial charge in [-0.2, -0.15) is 4.98 Å². The van der Waals surface area contributed by atoms with Gasteiger partial charge in [-0.15, -0.1) is 0 Å². The van der Waals surface area contributed by atoms with E-state index in [2.05, 4.69) is 63.7 Å². The lowest BCUT2D eigenvalue weighted by atomic mass is 10.4. The molecule has 1 aliphatic heterocycles. The summed E-state index contributed by atoms with van der Waals surface area (Å²) in [5.74, 6) is 1.46. The summed E-state index contributed by atoms with van der Waals surface area (Å²) < 4.78 is 7.09. The van der Waals surface area contributed by atoms with Crippen molar-refractivity contribution in [2.45, 2.75) is 0 Å². The van der Waals surface area contributed by atoms with Crippen LogP contribution in [0.5, 0.6) is 0 Å². The number of aromatic nitrogens is 3. The highest BCUT2D eigenvalue weighted by Crippen LogP contribution is 2.29. The van der Waals surface area contributed by atoms with Gasteiger partial charge in [0, 0.05) is 19.3 Å². The minimum atomic E-state index is 0.710. The largest absolute Gasteiger partial charge is 0.378 e. The van der Waals surface area contributed by atoms with E-state index < -0.39 is 0 Å². The van der Waals surface area contributed by atoms with E-state index in [0.29, 0.717) is 13.2 Å². The zero-order chi connectivity index (χ0) is 14.7. The number of rotatable bonds is 3. The first-order valence-electron chi connectivity index (χ1n) is 6.47. The second kappa shape index (κ2) is 6.84. The summed E-state index contributed by atoms with van der Waals surface area (Å²) in [6.45, 7) is 3.04. The number of ether oxygens (including phenoxy) is 1. The Kier molecular flexibility index (Phi) is 4.86. The van der Waals surface area contributed by atoms with E-state index in [1.165, 1.54) is 0 Å². The summed E-state index contributed by atoms with van der Waals surface area (Å²) in [7, 11) is 0. The van der Waals surface area contributed by atoms with Gasteiger partial charge in [-0.25, -0.2) is 4.98 Å². The molecule has 1 aliphatic rings. The molecule has 2 aromatic heterocycles. The van der Waals surface area contributed by atoms with Gasteiger partial charge in [-0.3, -0.25) is 4.98 Å². The Morgan fingerprint density at radius 1 is 1.29 bits per heavy atom. The van der Waals surface area contributed by atoms with Crippen molar-refractivity contribution in [1.82, 2.24) is 15.0 Å². The molecule has 2 aromatic rings. The maximum Gasteiger partial charge on any atom is 0.228 e. The summed E-state index contributed by atoms with van der Waals surface area (Å²) >= 11 is 5.74. The van der Waals surface area contributed by atoms with Crippen LogP contribution in [0.15, 0.2) is 29.0 Å². The van der Waals surface area contributed by atoms with Gasteiger partial charge in [0.25, 0.3) is 0 Å². The molecule has 8 heteroatoms. The first-order valence-corrected chi connectivity index (χ1v) is 8.34. The van der Waals surface area contributed by atoms with Crippen LogP contribution < -0.4 is 10.2 Å². The number of hydrogen-bond donors (Lipinski definition) is 1. The van der Waals surface area contributed by atoms with Crippen LogP contribution in [0.25, 0.3) is 0 Å². The van der Waals surface area contributed by atoms with E-state index in [1.54, 1.807) is 12.4 Å². The number of halogens is 2. The standard InChI is InChI=1S/C13H13BrIN5O/c14-10-11(15)18-13(20-4-6-21-7-5-20)19-12(10)17-9-2-1-3-16-8-9/h1-3,8H,4-7H2,(H,17,18,19). The SMILES string of the molecule is Brc1c(I)nc(N2CCOCC2)nc1Nc1cccnc1. The second-order valence-corrected chi connectivity index (χ2v) is 6.26. The van der Waals surface area contributed by atoms with E-state index in [9.17, 15) is 0 Å². The topological polar surface area (TPSA) is 63.2 Å². The van der Waals surface area contributed by atoms with Crippen molar-refractivity contribution in [1.29, 1.82) is 0 Å². The van der Waals surface area contributed by atoms with Crippen molar-refractivity contribution in [2.24, 2.45) is 0 Å². The Balaban J connectivity index is 1.90. The van der Waals surface area contributed by atoms with Gasteiger partial charge in [-0.05, 0) is 50.7 Å². The highest BCUT2D eigenvalue weighted by Gasteiger charge is 2.18. The van der Waals surface area contributed by atoms with Crippen LogP contribution in [-0.2, 0) is 4.74 Å². The van der Waals surface area contributed by atoms with Gasteiger partial charge in [0.15, 0.2) is 5.82 Å². The average Bonchev–Trinajstić information content (AvgIpc) is 2.53. The molecule has 6 nitrogen and oxygen atoms in total. The van der Waals surface area contributed by atoms with Crippen LogP contribution in [0, 0.1) is 3.70 Å². The Morgan fingerprint density at radius 3 is 2.81 bits per heavy atom. The number of morpholine rings is 1. The van der Waals surface area contributed by atoms with Crippen molar-refractivity contribution < 1.29 is 4.74 Å². The molecule has 1 N–H and O–H groups in total. The summed E-state index contributed by atoms with van der Waals surface area (Å²) in [6.07, 6.45) is 3.50. The molecule has 110 valence electrons. The lowest BCUT2D eigenvalue weighted by Gasteiger charge is -2.27. The van der Waals surface area contributed by atoms with Gasteiger partial charge >= 0.3 is 0 Å². The lowest BCUT2D eigenvalue weighted by Crippen LogP contribution is -2.37. The first kappa shape index (κ1) is 14.9. The molecule has 0 spiro atoms. The minimum absolute atomic E-state index is 0.710. The molecule has 0 aliphatic carbocycles. The predicted octanol–water partition coefficient (Wildman–Crippen LogP) is 2.82. The van der Waals surface area contributed by atoms with Gasteiger partial charge < -0.3 is 15.0 Å². The molecule has 0 saturated carbocycles. The Hall–Kier alpha value is -1.00. The summed E-state index contributed by atoms with van der Waals surface area (Å²) in [5, 5.41) is 3.27. The average molecular weight is 462 g/mol. The third-order valence-electron chi connectivity index (χ3n) is 3.02. The number of pyridine rings is 1. The van der Waals surface area contributed by atoms with Gasteiger partial charge in [0.1, 0.15) is 3.70 Å². The molecule has 0 aromatic carbocycles. The molecule has 21 heavy (non-hydrogen) atoms. The number of anilines is 3. The molecule has 3 rings (SSSR count). The van der Waals surface area contributed by atoms with Crippen molar-refractivity contribution in [2.75, 3.05) is 36.5 Å². The number of nitrogens with one attached hydrogen (secondary N) is 1. The van der Waals surface area contributed by atoms with Crippen LogP contribution in [0.2, 0.25) is 0 Å². The maximum absolute atomic E-state index is 5.37. The van der Waals surface area contributed by atoms with E-state index in [4.69, 9.17) is 4.74 Å². The number of hydrogen-bond acceptors (Lipinski definition) is 6. The molecular weight excluding hydrogens is 449 g/mol. The fourth-order valence-corrected chi connectivity index (χ4v) is 2.72. The van der Waals surface area contributed by atoms with Crippen molar-refractivity contribution in [3.05, 3.63) is 32.7 Å². The fraction of sp³-hybridized carbons (Fsp3) is 0.308. The van der Waals surface area contributed by atoms with Crippen molar-refractivity contribution in [3.8, 4) is 0 Å². The van der Waals surface area contributed by atoms with Crippen LogP contribution >= 0.6 is 38.5 Å². The summed E-state index contributed by atoms with van der Waals surface area (Å²) in [4.78, 5) is 15.4. The molecule has 0 atom stereocenters. The lowest BCUT2D eigenvalue weighted by molar-refractivity contribution is 0.122. The van der Waals surface area contributed by atoms with Crippen LogP contribution in [0.3, 0.4) is 0 Å². The van der Waals surface area contributed by atoms with Gasteiger partial charge in [-0.1, -0.05) is 0 Å². The fourth-order valence-electron chi connectivity index (χ4n) is 1.97. The van der Waals surface area contributed by atoms with Crippen LogP contribution in [-0.4, -0.2) is 41.3 Å². The Morgan fingerprint density at radius 2 is 2.10 bits per heavy atom. The summed E-state index contributed by atoms with van der Waals surface area (Å²) in [5.41, 5.74) is 0.889. The molecule has 0 unspecified atom stereocenters. The van der Waals surface area contributed by atoms with Crippen LogP contribution in [0.4, 0.5) is 17.5 Å². The predicted molar refractivity (Wildman–Crippen MR) is 93.0 cm³/mol. The van der Waals surface area contributed by atoms with E-state index in [-0.39, 0.29) is 0 Å². The van der Waals surface area contributed by atoms with Crippen LogP contribution in [0.1, 0.15) is 0 Å². The third kappa shape index (κ3) is 3.61. The van der Waals surface area contributed by atoms with E-state index >= 15 is 0 Å². The Bertz CT molecular complexity index is 621. The van der Waals surface area contributed by atoms with E-state index in [0.717, 1.165) is 38.7 Å². The monoisotopic (exact) mass is 461 g/mol. The maximum atomic E-state index is 5.37. The third-order valence-corrected chi connectivity index (χ3v) is 5.29. The quantitative estimate of drug-likeness (QED) is 0.560. The second-order valence-electron chi connectivity index (χ2n) is 4.44. The Labute approximate surface area is 144 Å². The van der Waals surface area contributed by atoms with E-state index in [1.807, 2.05) is 12.1 Å².